The SMILES string of the molecule is CCc1ccc(-n2ncc(=O)[nH]c2=O)cc1. The third kappa shape index (κ3) is 1.93. The van der Waals surface area contributed by atoms with Gasteiger partial charge in [-0.3, -0.25) is 9.78 Å². The first-order chi connectivity index (χ1) is 7.70. The van der Waals surface area contributed by atoms with Crippen LogP contribution in [0.1, 0.15) is 12.5 Å². The number of aryl methyl sites for hydroxylation is 1. The lowest BCUT2D eigenvalue weighted by Gasteiger charge is -2.03. The fourth-order valence-electron chi connectivity index (χ4n) is 1.41. The summed E-state index contributed by atoms with van der Waals surface area (Å²) in [7, 11) is 0. The maximum absolute atomic E-state index is 11.4. The number of H-pyrrole nitrogens is 1. The van der Waals surface area contributed by atoms with Crippen molar-refractivity contribution >= 4 is 0 Å². The molecule has 1 N–H and O–H groups in total. The molecule has 0 radical (unpaired) electrons. The number of benzene rings is 1. The predicted molar refractivity (Wildman–Crippen MR) is 59.8 cm³/mol. The number of hydrogen-bond acceptors (Lipinski definition) is 3. The summed E-state index contributed by atoms with van der Waals surface area (Å²) in [5, 5.41) is 3.76. The van der Waals surface area contributed by atoms with E-state index in [9.17, 15) is 9.59 Å². The van der Waals surface area contributed by atoms with Gasteiger partial charge in [0.15, 0.2) is 0 Å². The van der Waals surface area contributed by atoms with Gasteiger partial charge in [0.05, 0.1) is 5.69 Å². The van der Waals surface area contributed by atoms with E-state index in [1.807, 2.05) is 12.1 Å². The molecule has 0 atom stereocenters. The molecule has 5 nitrogen and oxygen atoms in total. The summed E-state index contributed by atoms with van der Waals surface area (Å²) in [5.41, 5.74) is 0.794. The van der Waals surface area contributed by atoms with Gasteiger partial charge in [0.2, 0.25) is 0 Å². The minimum Gasteiger partial charge on any atom is -0.271 e. The third-order valence-electron chi connectivity index (χ3n) is 2.30. The summed E-state index contributed by atoms with van der Waals surface area (Å²) in [4.78, 5) is 24.4. The Balaban J connectivity index is 2.50. The van der Waals surface area contributed by atoms with E-state index >= 15 is 0 Å². The smallest absolute Gasteiger partial charge is 0.271 e. The summed E-state index contributed by atoms with van der Waals surface area (Å²) >= 11 is 0. The van der Waals surface area contributed by atoms with Crippen molar-refractivity contribution < 1.29 is 0 Å². The molecule has 5 heteroatoms. The van der Waals surface area contributed by atoms with Gasteiger partial charge >= 0.3 is 5.69 Å². The molecule has 0 amide bonds. The number of aromatic nitrogens is 3. The molecule has 0 fully saturated rings. The Labute approximate surface area is 91.4 Å². The molecule has 2 rings (SSSR count). The fourth-order valence-corrected chi connectivity index (χ4v) is 1.41. The number of hydrogen-bond donors (Lipinski definition) is 1. The van der Waals surface area contributed by atoms with Crippen molar-refractivity contribution in [3.05, 3.63) is 56.9 Å². The lowest BCUT2D eigenvalue weighted by Crippen LogP contribution is -2.30. The van der Waals surface area contributed by atoms with E-state index in [0.29, 0.717) is 5.69 Å². The molecule has 0 unspecified atom stereocenters. The van der Waals surface area contributed by atoms with Gasteiger partial charge in [0, 0.05) is 0 Å². The lowest BCUT2D eigenvalue weighted by atomic mass is 10.1. The zero-order valence-corrected chi connectivity index (χ0v) is 8.80. The molecule has 1 aromatic heterocycles. The fraction of sp³-hybridized carbons (Fsp3) is 0.182. The van der Waals surface area contributed by atoms with Gasteiger partial charge in [0.25, 0.3) is 5.56 Å². The Morgan fingerprint density at radius 1 is 1.25 bits per heavy atom. The molecule has 2 aromatic rings. The standard InChI is InChI=1S/C11H11N3O2/c1-2-8-3-5-9(6-4-8)14-11(16)13-10(15)7-12-14/h3-7H,2H2,1H3,(H,13,15,16). The molecule has 0 aliphatic heterocycles. The van der Waals surface area contributed by atoms with Gasteiger partial charge in [0.1, 0.15) is 6.20 Å². The minimum atomic E-state index is -0.531. The second-order valence-corrected chi connectivity index (χ2v) is 3.37. The molecule has 82 valence electrons. The van der Waals surface area contributed by atoms with Crippen LogP contribution in [0.2, 0.25) is 0 Å². The van der Waals surface area contributed by atoms with Gasteiger partial charge in [-0.2, -0.15) is 9.78 Å². The summed E-state index contributed by atoms with van der Waals surface area (Å²) in [6, 6.07) is 7.44. The first-order valence-electron chi connectivity index (χ1n) is 4.98. The minimum absolute atomic E-state index is 0.494. The van der Waals surface area contributed by atoms with Crippen molar-refractivity contribution in [2.45, 2.75) is 13.3 Å². The molecular formula is C11H11N3O2. The van der Waals surface area contributed by atoms with Gasteiger partial charge in [-0.25, -0.2) is 4.79 Å². The highest BCUT2D eigenvalue weighted by atomic mass is 16.2. The van der Waals surface area contributed by atoms with Crippen LogP contribution in [0.15, 0.2) is 40.1 Å². The van der Waals surface area contributed by atoms with E-state index in [0.717, 1.165) is 17.3 Å². The molecule has 0 saturated carbocycles. The van der Waals surface area contributed by atoms with Crippen molar-refractivity contribution in [1.82, 2.24) is 14.8 Å². The summed E-state index contributed by atoms with van der Waals surface area (Å²) in [6.45, 7) is 2.05. The van der Waals surface area contributed by atoms with Crippen LogP contribution in [0.5, 0.6) is 0 Å². The van der Waals surface area contributed by atoms with E-state index in [-0.39, 0.29) is 0 Å². The lowest BCUT2D eigenvalue weighted by molar-refractivity contribution is 0.749. The van der Waals surface area contributed by atoms with Crippen molar-refractivity contribution in [3.8, 4) is 5.69 Å². The molecule has 1 heterocycles. The van der Waals surface area contributed by atoms with Crippen LogP contribution in [0.3, 0.4) is 0 Å². The molecule has 0 bridgehead atoms. The number of aromatic amines is 1. The number of nitrogens with zero attached hydrogens (tertiary/aromatic N) is 2. The highest BCUT2D eigenvalue weighted by Gasteiger charge is 2.00. The highest BCUT2D eigenvalue weighted by molar-refractivity contribution is 5.33. The van der Waals surface area contributed by atoms with Crippen molar-refractivity contribution in [1.29, 1.82) is 0 Å². The average Bonchev–Trinajstić information content (AvgIpc) is 2.29. The first kappa shape index (κ1) is 10.4. The molecule has 0 saturated heterocycles. The molecular weight excluding hydrogens is 206 g/mol. The molecule has 0 aliphatic carbocycles. The Morgan fingerprint density at radius 3 is 2.50 bits per heavy atom. The first-order valence-corrected chi connectivity index (χ1v) is 4.98. The third-order valence-corrected chi connectivity index (χ3v) is 2.30. The van der Waals surface area contributed by atoms with Crippen LogP contribution in [0.25, 0.3) is 5.69 Å². The second kappa shape index (κ2) is 4.14. The second-order valence-electron chi connectivity index (χ2n) is 3.37. The van der Waals surface area contributed by atoms with E-state index < -0.39 is 11.2 Å². The monoisotopic (exact) mass is 217 g/mol. The Morgan fingerprint density at radius 2 is 1.94 bits per heavy atom. The van der Waals surface area contributed by atoms with Crippen LogP contribution < -0.4 is 11.2 Å². The summed E-state index contributed by atoms with van der Waals surface area (Å²) < 4.78 is 1.15. The van der Waals surface area contributed by atoms with Crippen molar-refractivity contribution in [2.24, 2.45) is 0 Å². The number of nitrogens with one attached hydrogen (secondary N) is 1. The largest absolute Gasteiger partial charge is 0.349 e. The van der Waals surface area contributed by atoms with E-state index in [1.54, 1.807) is 12.1 Å². The van der Waals surface area contributed by atoms with Gasteiger partial charge in [-0.05, 0) is 24.1 Å². The van der Waals surface area contributed by atoms with E-state index in [1.165, 1.54) is 5.56 Å². The molecule has 0 aliphatic rings. The molecule has 0 spiro atoms. The van der Waals surface area contributed by atoms with Crippen LogP contribution in [-0.4, -0.2) is 14.8 Å². The zero-order valence-electron chi connectivity index (χ0n) is 8.80. The Bertz CT molecular complexity index is 596. The molecule has 16 heavy (non-hydrogen) atoms. The molecule has 1 aromatic carbocycles. The maximum Gasteiger partial charge on any atom is 0.349 e. The van der Waals surface area contributed by atoms with Gasteiger partial charge in [-0.15, -0.1) is 0 Å². The zero-order chi connectivity index (χ0) is 11.5. The van der Waals surface area contributed by atoms with Gasteiger partial charge < -0.3 is 0 Å². The number of rotatable bonds is 2. The van der Waals surface area contributed by atoms with Crippen LogP contribution in [0.4, 0.5) is 0 Å². The predicted octanol–water partition coefficient (Wildman–Crippen LogP) is 0.483. The van der Waals surface area contributed by atoms with Crippen LogP contribution in [0, 0.1) is 0 Å². The van der Waals surface area contributed by atoms with E-state index in [4.69, 9.17) is 0 Å². The quantitative estimate of drug-likeness (QED) is 0.795. The van der Waals surface area contributed by atoms with Crippen molar-refractivity contribution in [2.75, 3.05) is 0 Å². The Hall–Kier alpha value is -2.17. The van der Waals surface area contributed by atoms with Crippen molar-refractivity contribution in [3.63, 3.8) is 0 Å². The van der Waals surface area contributed by atoms with Crippen LogP contribution >= 0.6 is 0 Å². The van der Waals surface area contributed by atoms with E-state index in [2.05, 4.69) is 17.0 Å². The normalized spacial score (nSPS) is 10.3. The van der Waals surface area contributed by atoms with Crippen LogP contribution in [-0.2, 0) is 6.42 Å². The highest BCUT2D eigenvalue weighted by Crippen LogP contribution is 2.06. The summed E-state index contributed by atoms with van der Waals surface area (Å²) in [5.74, 6) is 0. The Kier molecular flexibility index (Phi) is 2.68. The topological polar surface area (TPSA) is 67.8 Å². The van der Waals surface area contributed by atoms with Gasteiger partial charge in [-0.1, -0.05) is 19.1 Å². The average molecular weight is 217 g/mol. The maximum atomic E-state index is 11.4. The summed E-state index contributed by atoms with van der Waals surface area (Å²) in [6.07, 6.45) is 2.02.